The van der Waals surface area contributed by atoms with Gasteiger partial charge in [-0.15, -0.1) is 0 Å². The van der Waals surface area contributed by atoms with Crippen LogP contribution in [-0.2, 0) is 19.5 Å². The average Bonchev–Trinajstić information content (AvgIpc) is 3.20. The number of benzene rings is 2. The molecule has 2 aromatic carbocycles. The van der Waals surface area contributed by atoms with E-state index in [0.717, 1.165) is 35.3 Å². The van der Waals surface area contributed by atoms with Crippen molar-refractivity contribution >= 4 is 57.8 Å². The normalized spacial score (nSPS) is 13.9. The predicted octanol–water partition coefficient (Wildman–Crippen LogP) is 6.97. The summed E-state index contributed by atoms with van der Waals surface area (Å²) in [6.45, 7) is 2.33. The first-order valence-corrected chi connectivity index (χ1v) is 12.6. The van der Waals surface area contributed by atoms with Crippen LogP contribution >= 0.6 is 34.8 Å². The van der Waals surface area contributed by atoms with Crippen molar-refractivity contribution in [2.24, 2.45) is 0 Å². The summed E-state index contributed by atoms with van der Waals surface area (Å²) >= 11 is 19.0. The minimum Gasteiger partial charge on any atom is -0.333 e. The molecule has 0 aliphatic carbocycles. The number of pyridine rings is 1. The van der Waals surface area contributed by atoms with Crippen LogP contribution in [0.15, 0.2) is 60.8 Å². The predicted molar refractivity (Wildman–Crippen MR) is 143 cm³/mol. The van der Waals surface area contributed by atoms with Crippen LogP contribution < -0.4 is 5.32 Å². The minimum atomic E-state index is -0.586. The molecule has 5 nitrogen and oxygen atoms in total. The third kappa shape index (κ3) is 5.13. The number of aromatic nitrogens is 2. The number of halogens is 4. The zero-order valence-corrected chi connectivity index (χ0v) is 21.4. The Labute approximate surface area is 223 Å². The third-order valence-electron chi connectivity index (χ3n) is 6.26. The molecule has 1 aliphatic heterocycles. The molecule has 4 aromatic rings. The highest BCUT2D eigenvalue weighted by atomic mass is 35.5. The maximum atomic E-state index is 13.4. The Morgan fingerprint density at radius 3 is 2.69 bits per heavy atom. The minimum absolute atomic E-state index is 0.176. The van der Waals surface area contributed by atoms with E-state index < -0.39 is 5.95 Å². The lowest BCUT2D eigenvalue weighted by molar-refractivity contribution is 0.240. The van der Waals surface area contributed by atoms with Gasteiger partial charge in [0.25, 0.3) is 0 Å². The van der Waals surface area contributed by atoms with E-state index in [9.17, 15) is 9.18 Å². The Morgan fingerprint density at radius 2 is 1.92 bits per heavy atom. The third-order valence-corrected chi connectivity index (χ3v) is 7.32. The van der Waals surface area contributed by atoms with E-state index in [-0.39, 0.29) is 12.6 Å². The molecule has 1 amide bonds. The van der Waals surface area contributed by atoms with Gasteiger partial charge in [-0.3, -0.25) is 9.47 Å². The molecule has 0 saturated heterocycles. The Balaban J connectivity index is 1.40. The summed E-state index contributed by atoms with van der Waals surface area (Å²) in [6, 6.07) is 13.9. The maximum Gasteiger partial charge on any atom is 0.326 e. The summed E-state index contributed by atoms with van der Waals surface area (Å²) in [5.74, 6) is -0.586. The highest BCUT2D eigenvalue weighted by Gasteiger charge is 2.28. The van der Waals surface area contributed by atoms with E-state index in [0.29, 0.717) is 39.1 Å². The Kier molecular flexibility index (Phi) is 7.30. The number of hydrogen-bond donors (Lipinski definition) is 1. The van der Waals surface area contributed by atoms with Crippen LogP contribution in [-0.4, -0.2) is 33.6 Å². The molecule has 1 N–H and O–H groups in total. The first-order chi connectivity index (χ1) is 17.4. The summed E-state index contributed by atoms with van der Waals surface area (Å²) in [4.78, 5) is 19.2. The second-order valence-electron chi connectivity index (χ2n) is 8.60. The molecule has 0 bridgehead atoms. The van der Waals surface area contributed by atoms with Crippen molar-refractivity contribution in [3.8, 4) is 0 Å². The van der Waals surface area contributed by atoms with Crippen LogP contribution in [0.5, 0.6) is 0 Å². The van der Waals surface area contributed by atoms with Crippen LogP contribution in [0.2, 0.25) is 15.1 Å². The number of carbonyl (C=O) groups is 1. The first kappa shape index (κ1) is 24.8. The molecule has 0 unspecified atom stereocenters. The lowest BCUT2D eigenvalue weighted by Gasteiger charge is -2.27. The van der Waals surface area contributed by atoms with E-state index in [1.165, 1.54) is 12.3 Å². The Hall–Kier alpha value is -2.90. The van der Waals surface area contributed by atoms with Crippen LogP contribution in [0.3, 0.4) is 0 Å². The fourth-order valence-electron chi connectivity index (χ4n) is 4.55. The highest BCUT2D eigenvalue weighted by molar-refractivity contribution is 6.45. The van der Waals surface area contributed by atoms with Gasteiger partial charge in [-0.25, -0.2) is 9.78 Å². The van der Waals surface area contributed by atoms with Crippen molar-refractivity contribution in [3.05, 3.63) is 104 Å². The van der Waals surface area contributed by atoms with Crippen molar-refractivity contribution in [2.75, 3.05) is 13.1 Å². The second kappa shape index (κ2) is 10.6. The lowest BCUT2D eigenvalue weighted by atomic mass is 10.0. The van der Waals surface area contributed by atoms with Gasteiger partial charge in [-0.1, -0.05) is 59.1 Å². The molecule has 9 heteroatoms. The molecule has 0 saturated carbocycles. The molecular formula is C27H22Cl3FN4O. The molecule has 184 valence electrons. The highest BCUT2D eigenvalue weighted by Crippen LogP contribution is 2.38. The topological polar surface area (TPSA) is 50.2 Å². The van der Waals surface area contributed by atoms with E-state index >= 15 is 0 Å². The van der Waals surface area contributed by atoms with Gasteiger partial charge in [0.1, 0.15) is 0 Å². The van der Waals surface area contributed by atoms with Crippen molar-refractivity contribution in [1.82, 2.24) is 19.8 Å². The molecule has 36 heavy (non-hydrogen) atoms. The quantitative estimate of drug-likeness (QED) is 0.277. The molecule has 0 fully saturated rings. The van der Waals surface area contributed by atoms with Crippen LogP contribution in [0, 0.1) is 5.95 Å². The summed E-state index contributed by atoms with van der Waals surface area (Å²) in [6.07, 6.45) is 6.22. The van der Waals surface area contributed by atoms with E-state index in [1.54, 1.807) is 16.7 Å². The Morgan fingerprint density at radius 1 is 1.11 bits per heavy atom. The molecule has 3 heterocycles. The molecule has 0 atom stereocenters. The van der Waals surface area contributed by atoms with E-state index in [2.05, 4.69) is 27.4 Å². The number of hydrogen-bond acceptors (Lipinski definition) is 3. The summed E-state index contributed by atoms with van der Waals surface area (Å²) in [5, 5.41) is 5.27. The number of carbonyl (C=O) groups excluding carboxylic acids is 1. The van der Waals surface area contributed by atoms with Gasteiger partial charge < -0.3 is 5.32 Å². The van der Waals surface area contributed by atoms with Gasteiger partial charge in [0.2, 0.25) is 5.95 Å². The molecule has 5 rings (SSSR count). The van der Waals surface area contributed by atoms with Gasteiger partial charge in [-0.2, -0.15) is 4.39 Å². The fraction of sp³-hybridized carbons (Fsp3) is 0.185. The fourth-order valence-corrected chi connectivity index (χ4v) is 5.10. The summed E-state index contributed by atoms with van der Waals surface area (Å²) < 4.78 is 15.1. The smallest absolute Gasteiger partial charge is 0.326 e. The van der Waals surface area contributed by atoms with Gasteiger partial charge in [0, 0.05) is 54.9 Å². The lowest BCUT2D eigenvalue weighted by Crippen LogP contribution is -2.34. The monoisotopic (exact) mass is 542 g/mol. The number of nitrogens with one attached hydrogen (secondary N) is 1. The van der Waals surface area contributed by atoms with Crippen molar-refractivity contribution in [1.29, 1.82) is 0 Å². The summed E-state index contributed by atoms with van der Waals surface area (Å²) in [7, 11) is 0. The van der Waals surface area contributed by atoms with Crippen LogP contribution in [0.1, 0.15) is 22.4 Å². The average molecular weight is 544 g/mol. The van der Waals surface area contributed by atoms with Crippen molar-refractivity contribution < 1.29 is 9.18 Å². The second-order valence-corrected chi connectivity index (χ2v) is 9.82. The summed E-state index contributed by atoms with van der Waals surface area (Å²) in [5.41, 5.74) is 4.31. The van der Waals surface area contributed by atoms with Crippen LogP contribution in [0.4, 0.5) is 9.18 Å². The number of amides is 1. The SMILES string of the molecule is O=C(NCc1ccnc(F)c1)n1c2c(c3c(Cl)c(Cl)ccc31)CN(CC=Cc1ccc(Cl)cc1)CC2. The molecular weight excluding hydrogens is 522 g/mol. The zero-order chi connectivity index (χ0) is 25.2. The molecule has 0 spiro atoms. The number of rotatable bonds is 5. The van der Waals surface area contributed by atoms with E-state index in [4.69, 9.17) is 34.8 Å². The Bertz CT molecular complexity index is 1470. The van der Waals surface area contributed by atoms with Gasteiger partial charge in [-0.05, 0) is 53.1 Å². The van der Waals surface area contributed by atoms with Crippen molar-refractivity contribution in [3.63, 3.8) is 0 Å². The van der Waals surface area contributed by atoms with Gasteiger partial charge in [0.15, 0.2) is 0 Å². The van der Waals surface area contributed by atoms with E-state index in [1.807, 2.05) is 30.3 Å². The van der Waals surface area contributed by atoms with Gasteiger partial charge >= 0.3 is 6.03 Å². The largest absolute Gasteiger partial charge is 0.333 e. The number of nitrogens with zero attached hydrogens (tertiary/aromatic N) is 3. The zero-order valence-electron chi connectivity index (χ0n) is 19.1. The molecule has 2 aromatic heterocycles. The number of fused-ring (bicyclic) bond motifs is 3. The van der Waals surface area contributed by atoms with Crippen LogP contribution in [0.25, 0.3) is 17.0 Å². The van der Waals surface area contributed by atoms with Crippen molar-refractivity contribution in [2.45, 2.75) is 19.5 Å². The van der Waals surface area contributed by atoms with Gasteiger partial charge in [0.05, 0.1) is 15.6 Å². The molecule has 1 aliphatic rings. The standard InChI is InChI=1S/C27H22Cl3FN4O/c28-19-5-3-17(4-6-19)2-1-12-34-13-10-22-20(16-34)25-23(8-7-21(29)26(25)30)35(22)27(36)33-15-18-9-11-32-24(31)14-18/h1-9,11,14H,10,12-13,15-16H2,(H,33,36). The first-order valence-electron chi connectivity index (χ1n) is 11.4. The maximum absolute atomic E-state index is 13.4. The molecule has 0 radical (unpaired) electrons.